The Bertz CT molecular complexity index is 1390. The summed E-state index contributed by atoms with van der Waals surface area (Å²) in [5.41, 5.74) is 2.38. The van der Waals surface area contributed by atoms with Crippen molar-refractivity contribution in [3.05, 3.63) is 92.9 Å². The van der Waals surface area contributed by atoms with Gasteiger partial charge in [-0.1, -0.05) is 48.0 Å². The largest absolute Gasteiger partial charge is 0.459 e. The third kappa shape index (κ3) is 4.22. The normalized spacial score (nSPS) is 11.5. The summed E-state index contributed by atoms with van der Waals surface area (Å²) in [7, 11) is 0. The van der Waals surface area contributed by atoms with Crippen LogP contribution in [0.3, 0.4) is 0 Å². The number of hydrogen-bond acceptors (Lipinski definition) is 4. The number of rotatable bonds is 5. The fourth-order valence-electron chi connectivity index (χ4n) is 3.45. The molecule has 3 aromatic carbocycles. The van der Waals surface area contributed by atoms with Gasteiger partial charge in [0.05, 0.1) is 33.6 Å². The average Bonchev–Trinajstić information content (AvgIpc) is 3.05. The van der Waals surface area contributed by atoms with Gasteiger partial charge in [0.15, 0.2) is 0 Å². The van der Waals surface area contributed by atoms with E-state index in [9.17, 15) is 9.59 Å². The molecule has 7 heteroatoms. The van der Waals surface area contributed by atoms with Crippen LogP contribution in [0.2, 0.25) is 5.02 Å². The number of carbonyl (C=O) groups is 1. The summed E-state index contributed by atoms with van der Waals surface area (Å²) in [5, 5.41) is 5.43. The SMILES string of the molecule is Cc1[nH]n(-c2cccc3ccccc23)c(=O)c1C=Nc1ccc(Cl)c(C(=O)OC(C)C)c1. The van der Waals surface area contributed by atoms with Crippen LogP contribution in [0.4, 0.5) is 5.69 Å². The summed E-state index contributed by atoms with van der Waals surface area (Å²) >= 11 is 6.15. The van der Waals surface area contributed by atoms with Gasteiger partial charge in [-0.15, -0.1) is 0 Å². The maximum Gasteiger partial charge on any atom is 0.339 e. The number of nitrogens with zero attached hydrogens (tertiary/aromatic N) is 2. The number of aromatic amines is 1. The molecule has 0 saturated carbocycles. The molecule has 0 saturated heterocycles. The van der Waals surface area contributed by atoms with Crippen molar-refractivity contribution in [2.75, 3.05) is 0 Å². The second-order valence-electron chi connectivity index (χ2n) is 7.67. The van der Waals surface area contributed by atoms with Crippen LogP contribution in [0.15, 0.2) is 70.5 Å². The lowest BCUT2D eigenvalue weighted by Crippen LogP contribution is -2.17. The third-order valence-corrected chi connectivity index (χ3v) is 5.31. The van der Waals surface area contributed by atoms with Gasteiger partial charge in [0.2, 0.25) is 0 Å². The number of aryl methyl sites for hydroxylation is 1. The molecule has 0 aliphatic carbocycles. The van der Waals surface area contributed by atoms with Gasteiger partial charge in [0.25, 0.3) is 5.56 Å². The molecule has 0 aliphatic rings. The number of carbonyl (C=O) groups excluding carboxylic acids is 1. The number of H-pyrrole nitrogens is 1. The fourth-order valence-corrected chi connectivity index (χ4v) is 3.65. The van der Waals surface area contributed by atoms with Gasteiger partial charge in [0.1, 0.15) is 0 Å². The molecule has 0 radical (unpaired) electrons. The number of halogens is 1. The Hall–Kier alpha value is -3.64. The monoisotopic (exact) mass is 447 g/mol. The van der Waals surface area contributed by atoms with Crippen molar-refractivity contribution in [3.8, 4) is 5.69 Å². The van der Waals surface area contributed by atoms with Crippen LogP contribution in [0.25, 0.3) is 16.5 Å². The lowest BCUT2D eigenvalue weighted by Gasteiger charge is -2.09. The summed E-state index contributed by atoms with van der Waals surface area (Å²) in [6.07, 6.45) is 1.23. The zero-order chi connectivity index (χ0) is 22.8. The molecule has 1 aromatic heterocycles. The minimum absolute atomic E-state index is 0.212. The summed E-state index contributed by atoms with van der Waals surface area (Å²) in [5.74, 6) is -0.516. The quantitative estimate of drug-likeness (QED) is 0.319. The van der Waals surface area contributed by atoms with E-state index in [-0.39, 0.29) is 22.2 Å². The molecule has 1 N–H and O–H groups in total. The van der Waals surface area contributed by atoms with Crippen molar-refractivity contribution >= 4 is 40.2 Å². The molecular formula is C25H22ClN3O3. The van der Waals surface area contributed by atoms with Crippen LogP contribution in [0.1, 0.15) is 35.5 Å². The van der Waals surface area contributed by atoms with Crippen LogP contribution in [0, 0.1) is 6.92 Å². The van der Waals surface area contributed by atoms with Crippen molar-refractivity contribution < 1.29 is 9.53 Å². The first-order valence-electron chi connectivity index (χ1n) is 10.2. The van der Waals surface area contributed by atoms with Crippen LogP contribution in [-0.4, -0.2) is 28.1 Å². The Labute approximate surface area is 190 Å². The van der Waals surface area contributed by atoms with Crippen molar-refractivity contribution in [1.29, 1.82) is 0 Å². The second kappa shape index (κ2) is 8.85. The minimum atomic E-state index is -0.516. The molecule has 32 heavy (non-hydrogen) atoms. The van der Waals surface area contributed by atoms with Crippen LogP contribution >= 0.6 is 11.6 Å². The first-order chi connectivity index (χ1) is 15.3. The second-order valence-corrected chi connectivity index (χ2v) is 8.07. The molecule has 0 spiro atoms. The van der Waals surface area contributed by atoms with E-state index in [4.69, 9.17) is 16.3 Å². The van der Waals surface area contributed by atoms with E-state index in [1.807, 2.05) is 49.4 Å². The highest BCUT2D eigenvalue weighted by Gasteiger charge is 2.15. The maximum atomic E-state index is 13.2. The number of nitrogens with one attached hydrogen (secondary N) is 1. The molecule has 0 fully saturated rings. The highest BCUT2D eigenvalue weighted by molar-refractivity contribution is 6.33. The Morgan fingerprint density at radius 3 is 2.66 bits per heavy atom. The zero-order valence-electron chi connectivity index (χ0n) is 17.9. The minimum Gasteiger partial charge on any atom is -0.459 e. The molecule has 0 atom stereocenters. The highest BCUT2D eigenvalue weighted by atomic mass is 35.5. The van der Waals surface area contributed by atoms with Gasteiger partial charge in [-0.3, -0.25) is 14.9 Å². The van der Waals surface area contributed by atoms with E-state index in [1.54, 1.807) is 32.0 Å². The number of esters is 1. The van der Waals surface area contributed by atoms with Crippen molar-refractivity contribution in [2.45, 2.75) is 26.9 Å². The summed E-state index contributed by atoms with van der Waals surface area (Å²) in [4.78, 5) is 29.8. The van der Waals surface area contributed by atoms with Crippen molar-refractivity contribution in [3.63, 3.8) is 0 Å². The topological polar surface area (TPSA) is 76.5 Å². The molecule has 6 nitrogen and oxygen atoms in total. The maximum absolute atomic E-state index is 13.2. The molecule has 0 unspecified atom stereocenters. The predicted molar refractivity (Wildman–Crippen MR) is 128 cm³/mol. The van der Waals surface area contributed by atoms with Crippen LogP contribution in [0.5, 0.6) is 0 Å². The Kier molecular flexibility index (Phi) is 5.97. The predicted octanol–water partition coefficient (Wildman–Crippen LogP) is 5.60. The number of aromatic nitrogens is 2. The average molecular weight is 448 g/mol. The van der Waals surface area contributed by atoms with E-state index in [0.29, 0.717) is 16.9 Å². The standard InChI is InChI=1S/C25H22ClN3O3/c1-15(2)32-25(31)20-13-18(11-12-22(20)26)27-14-21-16(3)28-29(24(21)30)23-10-6-8-17-7-4-5-9-19(17)23/h4-15,28H,1-3H3. The molecule has 4 aromatic rings. The first-order valence-corrected chi connectivity index (χ1v) is 10.6. The third-order valence-electron chi connectivity index (χ3n) is 4.98. The zero-order valence-corrected chi connectivity index (χ0v) is 18.7. The van der Waals surface area contributed by atoms with Gasteiger partial charge in [-0.05, 0) is 50.4 Å². The number of benzene rings is 3. The number of fused-ring (bicyclic) bond motifs is 1. The van der Waals surface area contributed by atoms with Gasteiger partial charge in [-0.25, -0.2) is 9.48 Å². The summed E-state index contributed by atoms with van der Waals surface area (Å²) in [6, 6.07) is 18.5. The molecule has 1 heterocycles. The first kappa shape index (κ1) is 21.6. The number of hydrogen-bond donors (Lipinski definition) is 1. The molecule has 4 rings (SSSR count). The lowest BCUT2D eigenvalue weighted by atomic mass is 10.1. The van der Waals surface area contributed by atoms with E-state index in [2.05, 4.69) is 10.1 Å². The van der Waals surface area contributed by atoms with Gasteiger partial charge < -0.3 is 4.74 Å². The summed E-state index contributed by atoms with van der Waals surface area (Å²) in [6.45, 7) is 5.35. The van der Waals surface area contributed by atoms with Crippen LogP contribution in [-0.2, 0) is 4.74 Å². The lowest BCUT2D eigenvalue weighted by molar-refractivity contribution is 0.0378. The van der Waals surface area contributed by atoms with Gasteiger partial charge in [0, 0.05) is 17.3 Å². The van der Waals surface area contributed by atoms with Crippen molar-refractivity contribution in [2.24, 2.45) is 4.99 Å². The highest BCUT2D eigenvalue weighted by Crippen LogP contribution is 2.24. The Morgan fingerprint density at radius 2 is 1.88 bits per heavy atom. The molecule has 0 bridgehead atoms. The smallest absolute Gasteiger partial charge is 0.339 e. The van der Waals surface area contributed by atoms with Crippen LogP contribution < -0.4 is 5.56 Å². The molecule has 0 amide bonds. The number of aliphatic imine (C=N–C) groups is 1. The Morgan fingerprint density at radius 1 is 1.12 bits per heavy atom. The number of ether oxygens (including phenoxy) is 1. The van der Waals surface area contributed by atoms with E-state index >= 15 is 0 Å². The fraction of sp³-hybridized carbons (Fsp3) is 0.160. The molecular weight excluding hydrogens is 426 g/mol. The Balaban J connectivity index is 1.70. The van der Waals surface area contributed by atoms with E-state index in [0.717, 1.165) is 16.5 Å². The van der Waals surface area contributed by atoms with E-state index < -0.39 is 5.97 Å². The van der Waals surface area contributed by atoms with Gasteiger partial charge >= 0.3 is 5.97 Å². The molecule has 0 aliphatic heterocycles. The summed E-state index contributed by atoms with van der Waals surface area (Å²) < 4.78 is 6.75. The van der Waals surface area contributed by atoms with Crippen molar-refractivity contribution in [1.82, 2.24) is 9.78 Å². The molecule has 162 valence electrons. The van der Waals surface area contributed by atoms with Gasteiger partial charge in [-0.2, -0.15) is 0 Å². The van der Waals surface area contributed by atoms with E-state index in [1.165, 1.54) is 10.9 Å².